The molecule has 0 amide bonds. The van der Waals surface area contributed by atoms with Gasteiger partial charge in [0.1, 0.15) is 6.20 Å². The van der Waals surface area contributed by atoms with Gasteiger partial charge in [0.15, 0.2) is 0 Å². The Kier molecular flexibility index (Phi) is 17.4. The number of rotatable bonds is 22. The van der Waals surface area contributed by atoms with Crippen molar-refractivity contribution in [3.63, 3.8) is 0 Å². The van der Waals surface area contributed by atoms with Crippen molar-refractivity contribution in [3.05, 3.63) is 12.4 Å². The van der Waals surface area contributed by atoms with Gasteiger partial charge in [-0.3, -0.25) is 4.48 Å². The zero-order chi connectivity index (χ0) is 21.8. The highest BCUT2D eigenvalue weighted by molar-refractivity contribution is 5.78. The Bertz CT molecular complexity index is 440. The van der Waals surface area contributed by atoms with Crippen molar-refractivity contribution in [1.29, 1.82) is 0 Å². The summed E-state index contributed by atoms with van der Waals surface area (Å²) in [6.07, 6.45) is 33.8. The maximum Gasteiger partial charge on any atom is 0.207 e. The summed E-state index contributed by atoms with van der Waals surface area (Å²) in [5.41, 5.74) is 0. The molecule has 1 aliphatic heterocycles. The molecule has 0 radical (unpaired) electrons. The third-order valence-corrected chi connectivity index (χ3v) is 6.94. The highest BCUT2D eigenvalue weighted by Gasteiger charge is 2.29. The van der Waals surface area contributed by atoms with Crippen molar-refractivity contribution < 1.29 is 4.48 Å². The normalized spacial score (nSPS) is 18.3. The molecule has 0 bridgehead atoms. The number of aliphatic imine (C=N–C) groups is 1. The van der Waals surface area contributed by atoms with Crippen LogP contribution in [0.25, 0.3) is 0 Å². The van der Waals surface area contributed by atoms with E-state index < -0.39 is 0 Å². The van der Waals surface area contributed by atoms with Crippen LogP contribution in [0.2, 0.25) is 0 Å². The summed E-state index contributed by atoms with van der Waals surface area (Å²) in [7, 11) is 2.37. The lowest BCUT2D eigenvalue weighted by molar-refractivity contribution is -0.765. The van der Waals surface area contributed by atoms with Gasteiger partial charge in [-0.25, -0.2) is 4.99 Å². The van der Waals surface area contributed by atoms with E-state index in [-0.39, 0.29) is 0 Å². The highest BCUT2D eigenvalue weighted by Crippen LogP contribution is 2.21. The van der Waals surface area contributed by atoms with Crippen LogP contribution >= 0.6 is 0 Å². The topological polar surface area (TPSA) is 12.4 Å². The molecule has 0 aromatic heterocycles. The molecular formula is C28H55N2+. The summed E-state index contributed by atoms with van der Waals surface area (Å²) in [5.74, 6) is 1.41. The van der Waals surface area contributed by atoms with Crippen molar-refractivity contribution >= 4 is 5.84 Å². The van der Waals surface area contributed by atoms with Crippen molar-refractivity contribution in [2.75, 3.05) is 13.6 Å². The van der Waals surface area contributed by atoms with Crippen LogP contribution in [0.1, 0.15) is 149 Å². The van der Waals surface area contributed by atoms with Crippen LogP contribution in [0.3, 0.4) is 0 Å². The third kappa shape index (κ3) is 13.6. The Morgan fingerprint density at radius 2 is 0.967 bits per heavy atom. The van der Waals surface area contributed by atoms with E-state index in [9.17, 15) is 0 Å². The summed E-state index contributed by atoms with van der Waals surface area (Å²) in [4.78, 5) is 4.74. The van der Waals surface area contributed by atoms with Gasteiger partial charge in [-0.05, 0) is 19.3 Å². The average Bonchev–Trinajstić information content (AvgIpc) is 3.11. The molecular weight excluding hydrogens is 364 g/mol. The van der Waals surface area contributed by atoms with E-state index >= 15 is 0 Å². The summed E-state index contributed by atoms with van der Waals surface area (Å²) in [6.45, 7) is 5.83. The molecule has 1 rings (SSSR count). The van der Waals surface area contributed by atoms with Crippen molar-refractivity contribution in [2.45, 2.75) is 149 Å². The molecule has 1 atom stereocenters. The summed E-state index contributed by atoms with van der Waals surface area (Å²) < 4.78 is 0.981. The lowest BCUT2D eigenvalue weighted by atomic mass is 10.0. The van der Waals surface area contributed by atoms with Crippen LogP contribution in [0, 0.1) is 0 Å². The van der Waals surface area contributed by atoms with E-state index in [1.165, 1.54) is 147 Å². The largest absolute Gasteiger partial charge is 0.253 e. The molecule has 1 heterocycles. The maximum atomic E-state index is 4.74. The second-order valence-electron chi connectivity index (χ2n) is 9.95. The number of amidine groups is 1. The summed E-state index contributed by atoms with van der Waals surface area (Å²) >= 11 is 0. The fourth-order valence-electron chi connectivity index (χ4n) is 4.71. The van der Waals surface area contributed by atoms with Crippen LogP contribution in [0.15, 0.2) is 17.4 Å². The molecule has 0 aromatic carbocycles. The first-order chi connectivity index (χ1) is 14.7. The van der Waals surface area contributed by atoms with Gasteiger partial charge in [-0.2, -0.15) is 0 Å². The molecule has 0 saturated heterocycles. The van der Waals surface area contributed by atoms with Crippen LogP contribution in [-0.4, -0.2) is 23.9 Å². The van der Waals surface area contributed by atoms with Crippen LogP contribution in [0.4, 0.5) is 0 Å². The third-order valence-electron chi connectivity index (χ3n) is 6.94. The number of quaternary nitrogens is 1. The van der Waals surface area contributed by atoms with Gasteiger partial charge < -0.3 is 0 Å². The number of unbranched alkanes of at least 4 members (excludes halogenated alkanes) is 18. The van der Waals surface area contributed by atoms with Crippen LogP contribution in [-0.2, 0) is 0 Å². The number of hydrogen-bond donors (Lipinski definition) is 0. The average molecular weight is 420 g/mol. The van der Waals surface area contributed by atoms with Crippen LogP contribution in [0.5, 0.6) is 0 Å². The van der Waals surface area contributed by atoms with Crippen molar-refractivity contribution in [3.8, 4) is 0 Å². The highest BCUT2D eigenvalue weighted by atomic mass is 15.4. The molecule has 0 aliphatic carbocycles. The SMILES string of the molecule is CCCCCCCCCCCCC1=NC=C[N+]1(C)CCCCCCCCCCCC. The van der Waals surface area contributed by atoms with Gasteiger partial charge in [0.05, 0.1) is 19.8 Å². The zero-order valence-corrected chi connectivity index (χ0v) is 21.1. The van der Waals surface area contributed by atoms with E-state index in [4.69, 9.17) is 4.99 Å². The summed E-state index contributed by atoms with van der Waals surface area (Å²) in [5, 5.41) is 0. The van der Waals surface area contributed by atoms with Crippen molar-refractivity contribution in [2.24, 2.45) is 4.99 Å². The van der Waals surface area contributed by atoms with E-state index in [2.05, 4.69) is 33.3 Å². The monoisotopic (exact) mass is 419 g/mol. The minimum absolute atomic E-state index is 0.981. The lowest BCUT2D eigenvalue weighted by Gasteiger charge is -2.27. The molecule has 1 aliphatic rings. The van der Waals surface area contributed by atoms with E-state index in [0.717, 1.165) is 4.48 Å². The first kappa shape index (κ1) is 27.4. The molecule has 0 aromatic rings. The first-order valence-corrected chi connectivity index (χ1v) is 13.8. The second kappa shape index (κ2) is 19.1. The van der Waals surface area contributed by atoms with Gasteiger partial charge in [-0.1, -0.05) is 123 Å². The second-order valence-corrected chi connectivity index (χ2v) is 9.95. The molecule has 2 nitrogen and oxygen atoms in total. The Morgan fingerprint density at radius 1 is 0.567 bits per heavy atom. The van der Waals surface area contributed by atoms with Gasteiger partial charge in [-0.15, -0.1) is 0 Å². The molecule has 1 unspecified atom stereocenters. The Balaban J connectivity index is 1.99. The smallest absolute Gasteiger partial charge is 0.207 e. The standard InChI is InChI=1S/C28H55N2/c1-4-6-8-10-12-14-16-18-20-22-24-28-29-25-27-30(28,3)26-23-21-19-17-15-13-11-9-7-5-2/h25,27H,4-24,26H2,1-3H3/q+1. The minimum Gasteiger partial charge on any atom is -0.253 e. The number of nitrogens with zero attached hydrogens (tertiary/aromatic N) is 2. The molecule has 176 valence electrons. The predicted octanol–water partition coefficient (Wildman–Crippen LogP) is 9.55. The quantitative estimate of drug-likeness (QED) is 0.122. The van der Waals surface area contributed by atoms with E-state index in [1.54, 1.807) is 0 Å². The fourth-order valence-corrected chi connectivity index (χ4v) is 4.71. The number of hydrogen-bond acceptors (Lipinski definition) is 1. The van der Waals surface area contributed by atoms with E-state index in [1.807, 2.05) is 0 Å². The fraction of sp³-hybridized carbons (Fsp3) is 0.893. The Labute approximate surface area is 190 Å². The lowest BCUT2D eigenvalue weighted by Crippen LogP contribution is -2.43. The predicted molar refractivity (Wildman–Crippen MR) is 136 cm³/mol. The van der Waals surface area contributed by atoms with Crippen LogP contribution < -0.4 is 0 Å². The molecule has 2 heteroatoms. The van der Waals surface area contributed by atoms with Gasteiger partial charge in [0.2, 0.25) is 5.84 Å². The first-order valence-electron chi connectivity index (χ1n) is 13.8. The maximum absolute atomic E-state index is 4.74. The molecule has 0 N–H and O–H groups in total. The molecule has 0 saturated carbocycles. The zero-order valence-electron chi connectivity index (χ0n) is 21.1. The van der Waals surface area contributed by atoms with Gasteiger partial charge in [0, 0.05) is 6.42 Å². The molecule has 30 heavy (non-hydrogen) atoms. The minimum atomic E-state index is 0.981. The molecule has 0 fully saturated rings. The van der Waals surface area contributed by atoms with Gasteiger partial charge >= 0.3 is 0 Å². The Morgan fingerprint density at radius 3 is 1.43 bits per heavy atom. The van der Waals surface area contributed by atoms with Crippen molar-refractivity contribution in [1.82, 2.24) is 0 Å². The summed E-state index contributed by atoms with van der Waals surface area (Å²) in [6, 6.07) is 0. The Hall–Kier alpha value is -0.630. The van der Waals surface area contributed by atoms with Gasteiger partial charge in [0.25, 0.3) is 0 Å². The molecule has 0 spiro atoms. The van der Waals surface area contributed by atoms with E-state index in [0.29, 0.717) is 0 Å².